The molecule has 0 aromatic heterocycles. The Morgan fingerprint density at radius 3 is 2.95 bits per heavy atom. The molecule has 1 heterocycles. The molecule has 1 aliphatic heterocycles. The third-order valence-electron chi connectivity index (χ3n) is 5.45. The van der Waals surface area contributed by atoms with Gasteiger partial charge >= 0.3 is 5.97 Å². The zero-order valence-electron chi connectivity index (χ0n) is 12.7. The highest BCUT2D eigenvalue weighted by molar-refractivity contribution is 5.99. The third-order valence-corrected chi connectivity index (χ3v) is 5.45. The smallest absolute Gasteiger partial charge is 0.336 e. The van der Waals surface area contributed by atoms with Crippen molar-refractivity contribution < 1.29 is 19.1 Å². The van der Waals surface area contributed by atoms with E-state index in [1.165, 1.54) is 18.4 Å². The Morgan fingerprint density at radius 2 is 2.18 bits per heavy atom. The Balaban J connectivity index is 1.52. The molecule has 116 valence electrons. The highest BCUT2D eigenvalue weighted by Gasteiger charge is 2.48. The summed E-state index contributed by atoms with van der Waals surface area (Å²) in [6.07, 6.45) is 10.2. The van der Waals surface area contributed by atoms with Gasteiger partial charge in [-0.05, 0) is 50.4 Å². The fourth-order valence-electron chi connectivity index (χ4n) is 4.37. The van der Waals surface area contributed by atoms with Crippen LogP contribution >= 0.6 is 0 Å². The summed E-state index contributed by atoms with van der Waals surface area (Å²) in [5.41, 5.74) is 2.85. The quantitative estimate of drug-likeness (QED) is 0.340. The van der Waals surface area contributed by atoms with Gasteiger partial charge in [0.05, 0.1) is 6.26 Å². The van der Waals surface area contributed by atoms with E-state index >= 15 is 0 Å². The van der Waals surface area contributed by atoms with Crippen molar-refractivity contribution in [2.75, 3.05) is 0 Å². The van der Waals surface area contributed by atoms with Crippen LogP contribution in [0, 0.1) is 17.8 Å². The Bertz CT molecular complexity index is 625. The summed E-state index contributed by atoms with van der Waals surface area (Å²) in [4.78, 5) is 23.6. The van der Waals surface area contributed by atoms with Crippen molar-refractivity contribution in [2.45, 2.75) is 45.3 Å². The molecule has 4 aliphatic rings. The lowest BCUT2D eigenvalue weighted by Gasteiger charge is -2.19. The average Bonchev–Trinajstić information content (AvgIpc) is 3.10. The van der Waals surface area contributed by atoms with Crippen LogP contribution in [0.25, 0.3) is 0 Å². The molecule has 2 fully saturated rings. The molecule has 0 aromatic rings. The predicted molar refractivity (Wildman–Crippen MR) is 79.5 cm³/mol. The molecule has 0 radical (unpaired) electrons. The van der Waals surface area contributed by atoms with Gasteiger partial charge in [0.1, 0.15) is 0 Å². The van der Waals surface area contributed by atoms with Gasteiger partial charge in [-0.3, -0.25) is 4.79 Å². The number of ketones is 1. The molecule has 0 saturated heterocycles. The van der Waals surface area contributed by atoms with E-state index in [0.717, 1.165) is 18.4 Å². The van der Waals surface area contributed by atoms with E-state index in [9.17, 15) is 9.59 Å². The van der Waals surface area contributed by atoms with Gasteiger partial charge in [-0.25, -0.2) is 4.79 Å². The zero-order valence-corrected chi connectivity index (χ0v) is 12.7. The fraction of sp³-hybridized carbons (Fsp3) is 0.556. The van der Waals surface area contributed by atoms with E-state index in [1.54, 1.807) is 19.3 Å². The Morgan fingerprint density at radius 1 is 1.32 bits per heavy atom. The molecule has 3 aliphatic carbocycles. The summed E-state index contributed by atoms with van der Waals surface area (Å²) in [5.74, 6) is 1.17. The fourth-order valence-corrected chi connectivity index (χ4v) is 4.37. The number of carbonyl (C=O) groups is 2. The molecule has 4 nitrogen and oxygen atoms in total. The Labute approximate surface area is 129 Å². The Hall–Kier alpha value is -1.84. The van der Waals surface area contributed by atoms with Crippen molar-refractivity contribution in [3.8, 4) is 0 Å². The SMILES string of the molecule is CC1=C[C@H](O/C=C2/C(=O)C[C@@H]3C4=CCCC[C@H]4C[C@H]23)OC1=O. The number of cyclic esters (lactones) is 1. The second-order valence-electron chi connectivity index (χ2n) is 6.74. The van der Waals surface area contributed by atoms with Crippen molar-refractivity contribution in [1.29, 1.82) is 0 Å². The molecule has 0 N–H and O–H groups in total. The van der Waals surface area contributed by atoms with Crippen LogP contribution in [0.5, 0.6) is 0 Å². The Kier molecular flexibility index (Phi) is 3.21. The first-order valence-corrected chi connectivity index (χ1v) is 8.11. The van der Waals surface area contributed by atoms with Gasteiger partial charge in [0.2, 0.25) is 0 Å². The maximum Gasteiger partial charge on any atom is 0.336 e. The molecular formula is C18H20O4. The number of hydrogen-bond donors (Lipinski definition) is 0. The number of ether oxygens (including phenoxy) is 2. The average molecular weight is 300 g/mol. The standard InChI is InChI=1S/C18H20O4/c1-10-6-17(22-18(10)20)21-9-15-13-7-11-4-2-3-5-12(11)14(13)8-16(15)19/h5-6,9,11,13-14,17H,2-4,7-8H2,1H3/b15-9+/t11-,13-,14+,17+/m0/s1. The first-order chi connectivity index (χ1) is 10.6. The number of Topliss-reactive ketones (excluding diaryl/α,β-unsaturated/α-hetero) is 1. The van der Waals surface area contributed by atoms with Crippen molar-refractivity contribution in [1.82, 2.24) is 0 Å². The van der Waals surface area contributed by atoms with Crippen LogP contribution in [0.4, 0.5) is 0 Å². The van der Waals surface area contributed by atoms with Gasteiger partial charge in [0.25, 0.3) is 6.29 Å². The lowest BCUT2D eigenvalue weighted by atomic mass is 9.86. The molecule has 0 aromatic carbocycles. The van der Waals surface area contributed by atoms with Crippen LogP contribution in [0.15, 0.2) is 35.1 Å². The first-order valence-electron chi connectivity index (χ1n) is 8.11. The summed E-state index contributed by atoms with van der Waals surface area (Å²) >= 11 is 0. The van der Waals surface area contributed by atoms with Gasteiger partial charge in [-0.1, -0.05) is 11.6 Å². The zero-order chi connectivity index (χ0) is 15.3. The molecule has 0 spiro atoms. The van der Waals surface area contributed by atoms with E-state index in [0.29, 0.717) is 29.7 Å². The first kappa shape index (κ1) is 13.8. The maximum atomic E-state index is 12.3. The van der Waals surface area contributed by atoms with Crippen LogP contribution in [-0.2, 0) is 19.1 Å². The number of fused-ring (bicyclic) bond motifs is 3. The highest BCUT2D eigenvalue weighted by atomic mass is 16.7. The van der Waals surface area contributed by atoms with Crippen molar-refractivity contribution in [3.05, 3.63) is 35.1 Å². The minimum atomic E-state index is -0.685. The van der Waals surface area contributed by atoms with Crippen molar-refractivity contribution in [2.24, 2.45) is 17.8 Å². The minimum Gasteiger partial charge on any atom is -0.458 e. The molecule has 22 heavy (non-hydrogen) atoms. The normalized spacial score (nSPS) is 38.5. The summed E-state index contributed by atoms with van der Waals surface area (Å²) in [6, 6.07) is 0. The molecule has 0 bridgehead atoms. The van der Waals surface area contributed by atoms with Crippen LogP contribution in [-0.4, -0.2) is 18.0 Å². The van der Waals surface area contributed by atoms with Gasteiger partial charge in [-0.2, -0.15) is 0 Å². The second kappa shape index (κ2) is 5.11. The molecule has 4 heteroatoms. The van der Waals surface area contributed by atoms with E-state index in [1.807, 2.05) is 0 Å². The van der Waals surface area contributed by atoms with Gasteiger partial charge < -0.3 is 9.47 Å². The minimum absolute atomic E-state index is 0.185. The summed E-state index contributed by atoms with van der Waals surface area (Å²) < 4.78 is 10.6. The predicted octanol–water partition coefficient (Wildman–Crippen LogP) is 3.05. The monoisotopic (exact) mass is 300 g/mol. The van der Waals surface area contributed by atoms with Crippen LogP contribution in [0.1, 0.15) is 39.0 Å². The lowest BCUT2D eigenvalue weighted by molar-refractivity contribution is -0.152. The van der Waals surface area contributed by atoms with E-state index in [2.05, 4.69) is 6.08 Å². The number of carbonyl (C=O) groups excluding carboxylic acids is 2. The molecule has 0 amide bonds. The van der Waals surface area contributed by atoms with E-state index < -0.39 is 6.29 Å². The van der Waals surface area contributed by atoms with Crippen molar-refractivity contribution in [3.63, 3.8) is 0 Å². The number of hydrogen-bond acceptors (Lipinski definition) is 4. The van der Waals surface area contributed by atoms with Gasteiger partial charge in [0.15, 0.2) is 5.78 Å². The topological polar surface area (TPSA) is 52.6 Å². The lowest BCUT2D eigenvalue weighted by Crippen LogP contribution is -2.11. The second-order valence-corrected chi connectivity index (χ2v) is 6.74. The van der Waals surface area contributed by atoms with Crippen LogP contribution < -0.4 is 0 Å². The number of rotatable bonds is 2. The van der Waals surface area contributed by atoms with E-state index in [4.69, 9.17) is 9.47 Å². The van der Waals surface area contributed by atoms with Crippen molar-refractivity contribution >= 4 is 11.8 Å². The molecule has 4 rings (SSSR count). The molecular weight excluding hydrogens is 280 g/mol. The third kappa shape index (κ3) is 2.13. The summed E-state index contributed by atoms with van der Waals surface area (Å²) in [6.45, 7) is 1.70. The molecule has 0 unspecified atom stereocenters. The van der Waals surface area contributed by atoms with Crippen LogP contribution in [0.3, 0.4) is 0 Å². The van der Waals surface area contributed by atoms with Crippen LogP contribution in [0.2, 0.25) is 0 Å². The van der Waals surface area contributed by atoms with Gasteiger partial charge in [0, 0.05) is 23.6 Å². The van der Waals surface area contributed by atoms with Gasteiger partial charge in [-0.15, -0.1) is 0 Å². The highest BCUT2D eigenvalue weighted by Crippen LogP contribution is 2.54. The molecule has 2 saturated carbocycles. The largest absolute Gasteiger partial charge is 0.458 e. The number of esters is 1. The number of allylic oxidation sites excluding steroid dienone is 3. The summed E-state index contributed by atoms with van der Waals surface area (Å²) in [5, 5.41) is 0. The van der Waals surface area contributed by atoms with E-state index in [-0.39, 0.29) is 11.8 Å². The maximum absolute atomic E-state index is 12.3. The summed E-state index contributed by atoms with van der Waals surface area (Å²) in [7, 11) is 0. The molecule has 4 atom stereocenters.